The first kappa shape index (κ1) is 12.7. The standard InChI is InChI=1S/C12H16O4/c1-8(13)11(9(2)14)16-12(15)10-6-4-3-5-7-10/h3-9,11,13-14H,1-2H3. The van der Waals surface area contributed by atoms with E-state index in [4.69, 9.17) is 4.74 Å². The Labute approximate surface area is 94.5 Å². The molecule has 2 N–H and O–H groups in total. The van der Waals surface area contributed by atoms with E-state index < -0.39 is 24.3 Å². The highest BCUT2D eigenvalue weighted by atomic mass is 16.6. The molecule has 2 unspecified atom stereocenters. The van der Waals surface area contributed by atoms with Crippen LogP contribution < -0.4 is 0 Å². The van der Waals surface area contributed by atoms with E-state index in [1.165, 1.54) is 13.8 Å². The van der Waals surface area contributed by atoms with E-state index in [2.05, 4.69) is 0 Å². The molecule has 88 valence electrons. The average Bonchev–Trinajstić information content (AvgIpc) is 2.25. The number of aliphatic hydroxyl groups is 2. The summed E-state index contributed by atoms with van der Waals surface area (Å²) in [5, 5.41) is 18.7. The SMILES string of the molecule is CC(O)C(OC(=O)c1ccccc1)C(C)O. The van der Waals surface area contributed by atoms with E-state index in [1.807, 2.05) is 0 Å². The topological polar surface area (TPSA) is 66.8 Å². The molecule has 4 nitrogen and oxygen atoms in total. The monoisotopic (exact) mass is 224 g/mol. The number of carbonyl (C=O) groups excluding carboxylic acids is 1. The highest BCUT2D eigenvalue weighted by Gasteiger charge is 2.25. The highest BCUT2D eigenvalue weighted by Crippen LogP contribution is 2.09. The Morgan fingerprint density at radius 1 is 1.12 bits per heavy atom. The van der Waals surface area contributed by atoms with Crippen LogP contribution in [0, 0.1) is 0 Å². The molecule has 0 aliphatic rings. The lowest BCUT2D eigenvalue weighted by atomic mass is 10.1. The number of ether oxygens (including phenoxy) is 1. The smallest absolute Gasteiger partial charge is 0.338 e. The van der Waals surface area contributed by atoms with E-state index in [9.17, 15) is 15.0 Å². The fraction of sp³-hybridized carbons (Fsp3) is 0.417. The number of aliphatic hydroxyl groups excluding tert-OH is 2. The van der Waals surface area contributed by atoms with Crippen LogP contribution in [-0.4, -0.2) is 34.5 Å². The van der Waals surface area contributed by atoms with Gasteiger partial charge in [-0.15, -0.1) is 0 Å². The molecule has 1 aromatic rings. The van der Waals surface area contributed by atoms with Crippen LogP contribution in [0.3, 0.4) is 0 Å². The van der Waals surface area contributed by atoms with Gasteiger partial charge >= 0.3 is 5.97 Å². The molecule has 0 aliphatic heterocycles. The Bertz CT molecular complexity index is 324. The molecule has 0 bridgehead atoms. The predicted molar refractivity (Wildman–Crippen MR) is 59.0 cm³/mol. The Kier molecular flexibility index (Phi) is 4.46. The third kappa shape index (κ3) is 3.32. The van der Waals surface area contributed by atoms with Gasteiger partial charge in [-0.3, -0.25) is 0 Å². The van der Waals surface area contributed by atoms with Crippen molar-refractivity contribution in [2.45, 2.75) is 32.2 Å². The van der Waals surface area contributed by atoms with Gasteiger partial charge in [0.05, 0.1) is 17.8 Å². The molecule has 0 spiro atoms. The van der Waals surface area contributed by atoms with E-state index in [-0.39, 0.29) is 0 Å². The Morgan fingerprint density at radius 3 is 2.06 bits per heavy atom. The minimum absolute atomic E-state index is 0.397. The Hall–Kier alpha value is -1.39. The number of carbonyl (C=O) groups is 1. The fourth-order valence-electron chi connectivity index (χ4n) is 1.37. The van der Waals surface area contributed by atoms with Gasteiger partial charge in [0.2, 0.25) is 0 Å². The molecule has 0 radical (unpaired) electrons. The summed E-state index contributed by atoms with van der Waals surface area (Å²) in [5.41, 5.74) is 0.397. The van der Waals surface area contributed by atoms with Crippen molar-refractivity contribution in [2.24, 2.45) is 0 Å². The van der Waals surface area contributed by atoms with E-state index >= 15 is 0 Å². The van der Waals surface area contributed by atoms with Gasteiger partial charge in [-0.25, -0.2) is 4.79 Å². The maximum Gasteiger partial charge on any atom is 0.338 e. The maximum absolute atomic E-state index is 11.6. The molecule has 0 saturated heterocycles. The molecule has 2 atom stereocenters. The molecule has 0 amide bonds. The van der Waals surface area contributed by atoms with Crippen molar-refractivity contribution in [2.75, 3.05) is 0 Å². The molecule has 0 aromatic heterocycles. The van der Waals surface area contributed by atoms with Crippen LogP contribution >= 0.6 is 0 Å². The molecule has 1 aromatic carbocycles. The van der Waals surface area contributed by atoms with Crippen molar-refractivity contribution in [1.29, 1.82) is 0 Å². The van der Waals surface area contributed by atoms with Crippen molar-refractivity contribution < 1.29 is 19.7 Å². The summed E-state index contributed by atoms with van der Waals surface area (Å²) in [6, 6.07) is 8.46. The zero-order valence-electron chi connectivity index (χ0n) is 9.33. The quantitative estimate of drug-likeness (QED) is 0.748. The lowest BCUT2D eigenvalue weighted by Crippen LogP contribution is -2.38. The molecule has 0 fully saturated rings. The van der Waals surface area contributed by atoms with Crippen molar-refractivity contribution in [3.8, 4) is 0 Å². The molecule has 0 saturated carbocycles. The van der Waals surface area contributed by atoms with Crippen molar-refractivity contribution >= 4 is 5.97 Å². The van der Waals surface area contributed by atoms with Crippen molar-refractivity contribution in [3.05, 3.63) is 35.9 Å². The van der Waals surface area contributed by atoms with Crippen LogP contribution in [0.1, 0.15) is 24.2 Å². The summed E-state index contributed by atoms with van der Waals surface area (Å²) >= 11 is 0. The predicted octanol–water partition coefficient (Wildman–Crippen LogP) is 0.974. The summed E-state index contributed by atoms with van der Waals surface area (Å²) in [4.78, 5) is 11.6. The number of hydrogen-bond donors (Lipinski definition) is 2. The van der Waals surface area contributed by atoms with Crippen LogP contribution in [0.4, 0.5) is 0 Å². The Morgan fingerprint density at radius 2 is 1.62 bits per heavy atom. The third-order valence-corrected chi connectivity index (χ3v) is 2.20. The highest BCUT2D eigenvalue weighted by molar-refractivity contribution is 5.89. The summed E-state index contributed by atoms with van der Waals surface area (Å²) in [7, 11) is 0. The zero-order chi connectivity index (χ0) is 12.1. The Balaban J connectivity index is 2.70. The second kappa shape index (κ2) is 5.63. The normalized spacial score (nSPS) is 16.2. The lowest BCUT2D eigenvalue weighted by Gasteiger charge is -2.22. The zero-order valence-corrected chi connectivity index (χ0v) is 9.33. The van der Waals surface area contributed by atoms with Gasteiger partial charge in [-0.05, 0) is 26.0 Å². The van der Waals surface area contributed by atoms with Gasteiger partial charge in [0.1, 0.15) is 0 Å². The van der Waals surface area contributed by atoms with Gasteiger partial charge in [-0.2, -0.15) is 0 Å². The minimum Gasteiger partial charge on any atom is -0.453 e. The summed E-state index contributed by atoms with van der Waals surface area (Å²) in [6.45, 7) is 2.94. The third-order valence-electron chi connectivity index (χ3n) is 2.20. The first-order valence-electron chi connectivity index (χ1n) is 5.14. The van der Waals surface area contributed by atoms with E-state index in [1.54, 1.807) is 30.3 Å². The van der Waals surface area contributed by atoms with E-state index in [0.29, 0.717) is 5.56 Å². The second-order valence-corrected chi connectivity index (χ2v) is 3.72. The fourth-order valence-corrected chi connectivity index (χ4v) is 1.37. The van der Waals surface area contributed by atoms with Crippen LogP contribution in [0.5, 0.6) is 0 Å². The number of benzene rings is 1. The molecule has 1 rings (SSSR count). The number of hydrogen-bond acceptors (Lipinski definition) is 4. The van der Waals surface area contributed by atoms with Crippen LogP contribution in [0.15, 0.2) is 30.3 Å². The molecular weight excluding hydrogens is 208 g/mol. The molecule has 16 heavy (non-hydrogen) atoms. The minimum atomic E-state index is -0.910. The first-order valence-corrected chi connectivity index (χ1v) is 5.14. The van der Waals surface area contributed by atoms with Crippen molar-refractivity contribution in [3.63, 3.8) is 0 Å². The van der Waals surface area contributed by atoms with Crippen LogP contribution in [-0.2, 0) is 4.74 Å². The van der Waals surface area contributed by atoms with Crippen molar-refractivity contribution in [1.82, 2.24) is 0 Å². The average molecular weight is 224 g/mol. The number of rotatable bonds is 4. The summed E-state index contributed by atoms with van der Waals surface area (Å²) in [5.74, 6) is -0.549. The van der Waals surface area contributed by atoms with Gasteiger partial charge < -0.3 is 14.9 Å². The molecule has 0 aliphatic carbocycles. The van der Waals surface area contributed by atoms with Gasteiger partial charge in [-0.1, -0.05) is 18.2 Å². The van der Waals surface area contributed by atoms with Gasteiger partial charge in [0, 0.05) is 0 Å². The summed E-state index contributed by atoms with van der Waals surface area (Å²) < 4.78 is 5.02. The van der Waals surface area contributed by atoms with Crippen LogP contribution in [0.25, 0.3) is 0 Å². The molecule has 4 heteroatoms. The summed E-state index contributed by atoms with van der Waals surface area (Å²) in [6.07, 6.45) is -2.73. The van der Waals surface area contributed by atoms with Crippen LogP contribution in [0.2, 0.25) is 0 Å². The first-order chi connectivity index (χ1) is 7.52. The molecule has 0 heterocycles. The number of esters is 1. The van der Waals surface area contributed by atoms with E-state index in [0.717, 1.165) is 0 Å². The molecular formula is C12H16O4. The largest absolute Gasteiger partial charge is 0.453 e. The maximum atomic E-state index is 11.6. The van der Waals surface area contributed by atoms with Gasteiger partial charge in [0.25, 0.3) is 0 Å². The second-order valence-electron chi connectivity index (χ2n) is 3.72. The van der Waals surface area contributed by atoms with Gasteiger partial charge in [0.15, 0.2) is 6.10 Å². The lowest BCUT2D eigenvalue weighted by molar-refractivity contribution is -0.0624.